The van der Waals surface area contributed by atoms with Crippen LogP contribution in [0.25, 0.3) is 0 Å². The lowest BCUT2D eigenvalue weighted by Crippen LogP contribution is -2.37. The number of hydrogen-bond acceptors (Lipinski definition) is 5. The lowest BCUT2D eigenvalue weighted by molar-refractivity contribution is -0.120. The van der Waals surface area contributed by atoms with Gasteiger partial charge in [-0.25, -0.2) is 0 Å². The van der Waals surface area contributed by atoms with E-state index in [2.05, 4.69) is 20.9 Å². The van der Waals surface area contributed by atoms with Gasteiger partial charge in [0.1, 0.15) is 5.25 Å². The van der Waals surface area contributed by atoms with Crippen molar-refractivity contribution in [3.05, 3.63) is 24.3 Å². The average molecular weight is 383 g/mol. The Morgan fingerprint density at radius 3 is 2.65 bits per heavy atom. The van der Waals surface area contributed by atoms with E-state index in [1.165, 1.54) is 31.0 Å². The highest BCUT2D eigenvalue weighted by atomic mass is 32.2. The first-order chi connectivity index (χ1) is 12.6. The molecule has 148 valence electrons. The Bertz CT molecular complexity index is 601. The fraction of sp³-hybridized carbons (Fsp3) is 0.579. The molecule has 1 heterocycles. The van der Waals surface area contributed by atoms with Gasteiger partial charge in [0.25, 0.3) is 0 Å². The van der Waals surface area contributed by atoms with Gasteiger partial charge in [0, 0.05) is 27.3 Å². The number of benzene rings is 1. The molecular formula is C19H34N4O2S. The highest BCUT2D eigenvalue weighted by Gasteiger charge is 2.16. The standard InChI is InChI=1S/C19H30N4O2S.2H2/c1-3-20-19(25)17(26-2)13-21-15-8-7-9-16(12-15)22-18(24)14-23-10-5-4-6-11-23;;/h7-9,12,17,21H,3-6,10-11,13-14H2,1-2H3,(H,20,25)(H,22,24);2*1H. The molecule has 0 bridgehead atoms. The van der Waals surface area contributed by atoms with Crippen LogP contribution in [0.3, 0.4) is 0 Å². The highest BCUT2D eigenvalue weighted by molar-refractivity contribution is 7.99. The number of anilines is 2. The zero-order valence-corrected chi connectivity index (χ0v) is 16.5. The molecule has 1 unspecified atom stereocenters. The maximum Gasteiger partial charge on any atom is 0.238 e. The number of rotatable bonds is 9. The third-order valence-corrected chi connectivity index (χ3v) is 5.33. The molecule has 0 saturated carbocycles. The van der Waals surface area contributed by atoms with Gasteiger partial charge in [-0.15, -0.1) is 0 Å². The molecule has 1 aromatic rings. The number of thioether (sulfide) groups is 1. The van der Waals surface area contributed by atoms with Crippen molar-refractivity contribution in [2.24, 2.45) is 0 Å². The Kier molecular flexibility index (Phi) is 8.77. The summed E-state index contributed by atoms with van der Waals surface area (Å²) >= 11 is 1.52. The Hall–Kier alpha value is -1.73. The van der Waals surface area contributed by atoms with Crippen LogP contribution in [0.5, 0.6) is 0 Å². The summed E-state index contributed by atoms with van der Waals surface area (Å²) in [5.74, 6) is 0.0619. The number of piperidine rings is 1. The van der Waals surface area contributed by atoms with E-state index in [-0.39, 0.29) is 19.9 Å². The number of hydrogen-bond donors (Lipinski definition) is 3. The van der Waals surface area contributed by atoms with Gasteiger partial charge in [-0.05, 0) is 57.3 Å². The summed E-state index contributed by atoms with van der Waals surface area (Å²) in [5, 5.41) is 8.96. The van der Waals surface area contributed by atoms with E-state index < -0.39 is 0 Å². The molecule has 26 heavy (non-hydrogen) atoms. The smallest absolute Gasteiger partial charge is 0.238 e. The minimum atomic E-state index is -0.146. The fourth-order valence-electron chi connectivity index (χ4n) is 3.01. The topological polar surface area (TPSA) is 73.5 Å². The van der Waals surface area contributed by atoms with E-state index in [4.69, 9.17) is 0 Å². The van der Waals surface area contributed by atoms with Crippen molar-refractivity contribution >= 4 is 35.0 Å². The van der Waals surface area contributed by atoms with E-state index in [1.54, 1.807) is 0 Å². The molecule has 1 fully saturated rings. The summed E-state index contributed by atoms with van der Waals surface area (Å²) in [5.41, 5.74) is 1.67. The maximum absolute atomic E-state index is 12.2. The van der Waals surface area contributed by atoms with E-state index in [9.17, 15) is 9.59 Å². The molecule has 2 amide bonds. The van der Waals surface area contributed by atoms with Gasteiger partial charge in [0.2, 0.25) is 11.8 Å². The normalized spacial score (nSPS) is 15.9. The van der Waals surface area contributed by atoms with Gasteiger partial charge in [-0.3, -0.25) is 14.5 Å². The quantitative estimate of drug-likeness (QED) is 0.612. The SMILES string of the molecule is CCNC(=O)C(CNc1cccc(NC(=O)CN2CCCCC2)c1)SC.[HH].[HH]. The zero-order valence-electron chi connectivity index (χ0n) is 15.7. The zero-order chi connectivity index (χ0) is 18.8. The van der Waals surface area contributed by atoms with Crippen molar-refractivity contribution in [2.75, 3.05) is 49.6 Å². The van der Waals surface area contributed by atoms with Crippen molar-refractivity contribution in [3.8, 4) is 0 Å². The van der Waals surface area contributed by atoms with Gasteiger partial charge in [0.05, 0.1) is 6.54 Å². The van der Waals surface area contributed by atoms with Crippen molar-refractivity contribution < 1.29 is 12.4 Å². The van der Waals surface area contributed by atoms with Gasteiger partial charge in [-0.2, -0.15) is 11.8 Å². The molecule has 7 heteroatoms. The van der Waals surface area contributed by atoms with Crippen LogP contribution >= 0.6 is 11.8 Å². The Labute approximate surface area is 163 Å². The molecule has 1 aliphatic heterocycles. The summed E-state index contributed by atoms with van der Waals surface area (Å²) in [6, 6.07) is 7.63. The Morgan fingerprint density at radius 1 is 1.23 bits per heavy atom. The summed E-state index contributed by atoms with van der Waals surface area (Å²) in [6.07, 6.45) is 5.54. The number of likely N-dealkylation sites (tertiary alicyclic amines) is 1. The molecule has 1 atom stereocenters. The predicted octanol–water partition coefficient (Wildman–Crippen LogP) is 2.88. The Morgan fingerprint density at radius 2 is 1.96 bits per heavy atom. The molecule has 3 N–H and O–H groups in total. The number of nitrogens with one attached hydrogen (secondary N) is 3. The van der Waals surface area contributed by atoms with E-state index in [1.807, 2.05) is 37.4 Å². The molecule has 0 spiro atoms. The molecular weight excluding hydrogens is 348 g/mol. The van der Waals surface area contributed by atoms with Crippen LogP contribution in [-0.4, -0.2) is 60.9 Å². The monoisotopic (exact) mass is 382 g/mol. The van der Waals surface area contributed by atoms with Crippen LogP contribution in [-0.2, 0) is 9.59 Å². The van der Waals surface area contributed by atoms with Crippen LogP contribution in [0, 0.1) is 0 Å². The Balaban J connectivity index is 0.00000364. The second-order valence-electron chi connectivity index (χ2n) is 6.47. The van der Waals surface area contributed by atoms with Gasteiger partial charge in [-0.1, -0.05) is 12.5 Å². The second-order valence-corrected chi connectivity index (χ2v) is 7.51. The van der Waals surface area contributed by atoms with Gasteiger partial charge < -0.3 is 16.0 Å². The third-order valence-electron chi connectivity index (χ3n) is 4.38. The predicted molar refractivity (Wildman–Crippen MR) is 114 cm³/mol. The lowest BCUT2D eigenvalue weighted by Gasteiger charge is -2.25. The second kappa shape index (κ2) is 11.1. The largest absolute Gasteiger partial charge is 0.383 e. The fourth-order valence-corrected chi connectivity index (χ4v) is 3.56. The molecule has 1 saturated heterocycles. The molecule has 0 aromatic heterocycles. The molecule has 2 rings (SSSR count). The van der Waals surface area contributed by atoms with Crippen molar-refractivity contribution in [1.29, 1.82) is 0 Å². The summed E-state index contributed by atoms with van der Waals surface area (Å²) < 4.78 is 0. The van der Waals surface area contributed by atoms with Crippen LogP contribution in [0.15, 0.2) is 24.3 Å². The number of carbonyl (C=O) groups is 2. The van der Waals surface area contributed by atoms with E-state index in [0.29, 0.717) is 19.6 Å². The highest BCUT2D eigenvalue weighted by Crippen LogP contribution is 2.17. The number of amides is 2. The summed E-state index contributed by atoms with van der Waals surface area (Å²) in [6.45, 7) is 5.55. The van der Waals surface area contributed by atoms with Crippen LogP contribution in [0.1, 0.15) is 29.0 Å². The first-order valence-electron chi connectivity index (χ1n) is 9.29. The van der Waals surface area contributed by atoms with Crippen molar-refractivity contribution in [3.63, 3.8) is 0 Å². The number of nitrogens with zero attached hydrogens (tertiary/aromatic N) is 1. The first kappa shape index (κ1) is 20.6. The van der Waals surface area contributed by atoms with Crippen LogP contribution < -0.4 is 16.0 Å². The molecule has 0 aliphatic carbocycles. The molecule has 6 nitrogen and oxygen atoms in total. The minimum Gasteiger partial charge on any atom is -0.383 e. The van der Waals surface area contributed by atoms with Gasteiger partial charge in [0.15, 0.2) is 0 Å². The summed E-state index contributed by atoms with van der Waals surface area (Å²) in [4.78, 5) is 26.4. The number of carbonyl (C=O) groups excluding carboxylic acids is 2. The molecule has 0 radical (unpaired) electrons. The minimum absolute atomic E-state index is 0. The summed E-state index contributed by atoms with van der Waals surface area (Å²) in [7, 11) is 0. The molecule has 1 aliphatic rings. The average Bonchev–Trinajstić information content (AvgIpc) is 2.63. The van der Waals surface area contributed by atoms with Crippen LogP contribution in [0.2, 0.25) is 0 Å². The maximum atomic E-state index is 12.2. The first-order valence-corrected chi connectivity index (χ1v) is 10.6. The van der Waals surface area contributed by atoms with E-state index >= 15 is 0 Å². The molecule has 1 aromatic carbocycles. The van der Waals surface area contributed by atoms with Crippen LogP contribution in [0.4, 0.5) is 11.4 Å². The van der Waals surface area contributed by atoms with E-state index in [0.717, 1.165) is 24.5 Å². The van der Waals surface area contributed by atoms with Crippen molar-refractivity contribution in [2.45, 2.75) is 31.4 Å². The van der Waals surface area contributed by atoms with Crippen molar-refractivity contribution in [1.82, 2.24) is 10.2 Å². The third kappa shape index (κ3) is 6.88. The lowest BCUT2D eigenvalue weighted by atomic mass is 10.1. The van der Waals surface area contributed by atoms with Gasteiger partial charge >= 0.3 is 0 Å².